The second-order valence-electron chi connectivity index (χ2n) is 4.08. The van der Waals surface area contributed by atoms with Crippen LogP contribution < -0.4 is 0 Å². The third-order valence-corrected chi connectivity index (χ3v) is 1.41. The van der Waals surface area contributed by atoms with E-state index in [1.54, 1.807) is 6.92 Å². The van der Waals surface area contributed by atoms with Crippen molar-refractivity contribution in [1.29, 1.82) is 0 Å². The summed E-state index contributed by atoms with van der Waals surface area (Å²) in [5, 5.41) is 8.05. The Kier molecular flexibility index (Phi) is 3.52. The quantitative estimate of drug-likeness (QED) is 0.497. The molecule has 0 fully saturated rings. The van der Waals surface area contributed by atoms with Crippen molar-refractivity contribution in [2.45, 2.75) is 34.1 Å². The first-order valence-corrected chi connectivity index (χ1v) is 3.72. The Bertz CT molecular complexity index is 135. The first kappa shape index (κ1) is 10.4. The standard InChI is InChI=1S/C8H16O3/c1-6(7(9)11-10)5-8(2,3)4/h6,10H,5H2,1-4H3. The minimum Gasteiger partial charge on any atom is -0.301 e. The van der Waals surface area contributed by atoms with E-state index in [0.717, 1.165) is 0 Å². The molecule has 66 valence electrons. The molecule has 0 saturated heterocycles. The molecule has 3 heteroatoms. The first-order chi connectivity index (χ1) is 4.87. The molecule has 0 radical (unpaired) electrons. The molecule has 0 aliphatic carbocycles. The summed E-state index contributed by atoms with van der Waals surface area (Å²) in [7, 11) is 0. The normalized spacial score (nSPS) is 14.3. The molecule has 0 aromatic heterocycles. The molecule has 0 heterocycles. The molecule has 0 bridgehead atoms. The lowest BCUT2D eigenvalue weighted by Gasteiger charge is -2.20. The Balaban J connectivity index is 3.87. The fraction of sp³-hybridized carbons (Fsp3) is 0.875. The van der Waals surface area contributed by atoms with Gasteiger partial charge in [-0.15, -0.1) is 0 Å². The molecule has 1 unspecified atom stereocenters. The van der Waals surface area contributed by atoms with E-state index in [2.05, 4.69) is 4.89 Å². The summed E-state index contributed by atoms with van der Waals surface area (Å²) >= 11 is 0. The van der Waals surface area contributed by atoms with Crippen molar-refractivity contribution < 1.29 is 14.9 Å². The van der Waals surface area contributed by atoms with Gasteiger partial charge in [0.2, 0.25) is 0 Å². The average molecular weight is 160 g/mol. The minimum absolute atomic E-state index is 0.0909. The molecule has 0 aromatic carbocycles. The summed E-state index contributed by atoms with van der Waals surface area (Å²) in [6, 6.07) is 0. The molecule has 1 N–H and O–H groups in total. The zero-order chi connectivity index (χ0) is 9.07. The van der Waals surface area contributed by atoms with Gasteiger partial charge in [-0.3, -0.25) is 0 Å². The molecule has 0 spiro atoms. The average Bonchev–Trinajstić information content (AvgIpc) is 1.82. The predicted octanol–water partition coefficient (Wildman–Crippen LogP) is 2.07. The molecule has 1 atom stereocenters. The lowest BCUT2D eigenvalue weighted by atomic mass is 9.85. The summed E-state index contributed by atoms with van der Waals surface area (Å²) < 4.78 is 0. The lowest BCUT2D eigenvalue weighted by molar-refractivity contribution is -0.239. The van der Waals surface area contributed by atoms with E-state index in [9.17, 15) is 4.79 Å². The fourth-order valence-corrected chi connectivity index (χ4v) is 1.09. The first-order valence-electron chi connectivity index (χ1n) is 3.72. The highest BCUT2D eigenvalue weighted by Crippen LogP contribution is 2.24. The molecule has 0 aliphatic rings. The minimum atomic E-state index is -0.556. The van der Waals surface area contributed by atoms with Gasteiger partial charge in [0.15, 0.2) is 0 Å². The zero-order valence-electron chi connectivity index (χ0n) is 7.55. The molecule has 0 aliphatic heterocycles. The predicted molar refractivity (Wildman–Crippen MR) is 42.0 cm³/mol. The van der Waals surface area contributed by atoms with Crippen molar-refractivity contribution in [2.75, 3.05) is 0 Å². The van der Waals surface area contributed by atoms with Gasteiger partial charge in [-0.1, -0.05) is 27.7 Å². The molecule has 3 nitrogen and oxygen atoms in total. The van der Waals surface area contributed by atoms with Crippen LogP contribution in [-0.4, -0.2) is 11.2 Å². The lowest BCUT2D eigenvalue weighted by Crippen LogP contribution is -2.19. The summed E-state index contributed by atoms with van der Waals surface area (Å²) in [6.45, 7) is 7.85. The van der Waals surface area contributed by atoms with Crippen molar-refractivity contribution in [1.82, 2.24) is 0 Å². The van der Waals surface area contributed by atoms with Gasteiger partial charge in [-0.05, 0) is 11.8 Å². The van der Waals surface area contributed by atoms with Crippen LogP contribution in [-0.2, 0) is 9.68 Å². The van der Waals surface area contributed by atoms with Crippen LogP contribution in [0.1, 0.15) is 34.1 Å². The van der Waals surface area contributed by atoms with E-state index in [0.29, 0.717) is 6.42 Å². The van der Waals surface area contributed by atoms with Gasteiger partial charge in [0, 0.05) is 0 Å². The topological polar surface area (TPSA) is 46.5 Å². The SMILES string of the molecule is CC(CC(C)(C)C)C(=O)OO. The van der Waals surface area contributed by atoms with Crippen LogP contribution in [0.4, 0.5) is 0 Å². The maximum absolute atomic E-state index is 10.7. The van der Waals surface area contributed by atoms with E-state index in [1.807, 2.05) is 20.8 Å². The largest absolute Gasteiger partial charge is 0.344 e. The Morgan fingerprint density at radius 3 is 2.27 bits per heavy atom. The van der Waals surface area contributed by atoms with Crippen molar-refractivity contribution in [3.8, 4) is 0 Å². The molecule has 11 heavy (non-hydrogen) atoms. The summed E-state index contributed by atoms with van der Waals surface area (Å²) in [5.41, 5.74) is 0.0909. The van der Waals surface area contributed by atoms with Gasteiger partial charge in [-0.25, -0.2) is 4.79 Å². The molecular formula is C8H16O3. The number of rotatable bonds is 2. The molecule has 0 amide bonds. The van der Waals surface area contributed by atoms with Crippen LogP contribution in [0.15, 0.2) is 0 Å². The van der Waals surface area contributed by atoms with Crippen LogP contribution in [0.25, 0.3) is 0 Å². The molecule has 0 rings (SSSR count). The van der Waals surface area contributed by atoms with Crippen molar-refractivity contribution in [3.63, 3.8) is 0 Å². The molecule has 0 saturated carbocycles. The number of hydrogen-bond acceptors (Lipinski definition) is 3. The second-order valence-corrected chi connectivity index (χ2v) is 4.08. The van der Waals surface area contributed by atoms with E-state index >= 15 is 0 Å². The van der Waals surface area contributed by atoms with E-state index < -0.39 is 5.97 Å². The fourth-order valence-electron chi connectivity index (χ4n) is 1.09. The van der Waals surface area contributed by atoms with Crippen LogP contribution in [0.5, 0.6) is 0 Å². The molecular weight excluding hydrogens is 144 g/mol. The van der Waals surface area contributed by atoms with Crippen molar-refractivity contribution >= 4 is 5.97 Å². The summed E-state index contributed by atoms with van der Waals surface area (Å²) in [5.74, 6) is -0.792. The van der Waals surface area contributed by atoms with E-state index in [-0.39, 0.29) is 11.3 Å². The summed E-state index contributed by atoms with van der Waals surface area (Å²) in [4.78, 5) is 14.3. The Hall–Kier alpha value is -0.570. The number of carbonyl (C=O) groups excluding carboxylic acids is 1. The van der Waals surface area contributed by atoms with Crippen LogP contribution in [0, 0.1) is 11.3 Å². The van der Waals surface area contributed by atoms with Crippen LogP contribution in [0.2, 0.25) is 0 Å². The Morgan fingerprint density at radius 1 is 1.55 bits per heavy atom. The van der Waals surface area contributed by atoms with Gasteiger partial charge < -0.3 is 4.89 Å². The third-order valence-electron chi connectivity index (χ3n) is 1.41. The third kappa shape index (κ3) is 4.79. The maximum atomic E-state index is 10.7. The van der Waals surface area contributed by atoms with Gasteiger partial charge >= 0.3 is 5.97 Å². The van der Waals surface area contributed by atoms with Gasteiger partial charge in [0.25, 0.3) is 0 Å². The van der Waals surface area contributed by atoms with Crippen molar-refractivity contribution in [3.05, 3.63) is 0 Å². The maximum Gasteiger partial charge on any atom is 0.344 e. The number of carbonyl (C=O) groups is 1. The number of hydrogen-bond donors (Lipinski definition) is 1. The highest BCUT2D eigenvalue weighted by molar-refractivity contribution is 5.71. The van der Waals surface area contributed by atoms with Crippen molar-refractivity contribution in [2.24, 2.45) is 11.3 Å². The zero-order valence-corrected chi connectivity index (χ0v) is 7.55. The highest BCUT2D eigenvalue weighted by atomic mass is 17.1. The smallest absolute Gasteiger partial charge is 0.301 e. The van der Waals surface area contributed by atoms with Gasteiger partial charge in [0.1, 0.15) is 0 Å². The van der Waals surface area contributed by atoms with E-state index in [4.69, 9.17) is 5.26 Å². The van der Waals surface area contributed by atoms with Gasteiger partial charge in [-0.2, -0.15) is 5.26 Å². The van der Waals surface area contributed by atoms with E-state index in [1.165, 1.54) is 0 Å². The second kappa shape index (κ2) is 3.72. The van der Waals surface area contributed by atoms with Crippen LogP contribution >= 0.6 is 0 Å². The monoisotopic (exact) mass is 160 g/mol. The Labute approximate surface area is 67.3 Å². The van der Waals surface area contributed by atoms with Crippen LogP contribution in [0.3, 0.4) is 0 Å². The molecule has 0 aromatic rings. The van der Waals surface area contributed by atoms with Gasteiger partial charge in [0.05, 0.1) is 5.92 Å². The highest BCUT2D eigenvalue weighted by Gasteiger charge is 2.21. The Morgan fingerprint density at radius 2 is 2.00 bits per heavy atom. The summed E-state index contributed by atoms with van der Waals surface area (Å²) in [6.07, 6.45) is 0.715.